The predicted molar refractivity (Wildman–Crippen MR) is 40.3 cm³/mol. The van der Waals surface area contributed by atoms with Crippen molar-refractivity contribution in [2.75, 3.05) is 0 Å². The van der Waals surface area contributed by atoms with Gasteiger partial charge in [-0.25, -0.2) is 0 Å². The van der Waals surface area contributed by atoms with E-state index in [9.17, 15) is 4.79 Å². The highest BCUT2D eigenvalue weighted by molar-refractivity contribution is 5.77. The van der Waals surface area contributed by atoms with Crippen LogP contribution in [0.1, 0.15) is 33.1 Å². The van der Waals surface area contributed by atoms with Crippen molar-refractivity contribution >= 4 is 5.91 Å². The van der Waals surface area contributed by atoms with E-state index in [0.29, 0.717) is 0 Å². The first-order chi connectivity index (χ1) is 4.54. The molecule has 0 unspecified atom stereocenters. The van der Waals surface area contributed by atoms with Crippen LogP contribution in [0.4, 0.5) is 0 Å². The molecular formula is C8H15NO. The zero-order valence-corrected chi connectivity index (χ0v) is 6.68. The summed E-state index contributed by atoms with van der Waals surface area (Å²) in [6.07, 6.45) is 3.28. The number of amides is 1. The van der Waals surface area contributed by atoms with Gasteiger partial charge in [-0.3, -0.25) is 4.79 Å². The second-order valence-corrected chi connectivity index (χ2v) is 3.84. The lowest BCUT2D eigenvalue weighted by Gasteiger charge is -2.23. The minimum Gasteiger partial charge on any atom is -0.369 e. The van der Waals surface area contributed by atoms with Gasteiger partial charge >= 0.3 is 0 Å². The Hall–Kier alpha value is -0.530. The van der Waals surface area contributed by atoms with Gasteiger partial charge in [-0.15, -0.1) is 0 Å². The van der Waals surface area contributed by atoms with E-state index in [1.165, 1.54) is 0 Å². The van der Waals surface area contributed by atoms with Gasteiger partial charge in [0.1, 0.15) is 0 Å². The molecule has 0 aliphatic heterocycles. The van der Waals surface area contributed by atoms with Gasteiger partial charge < -0.3 is 5.73 Å². The Labute approximate surface area is 61.8 Å². The van der Waals surface area contributed by atoms with E-state index >= 15 is 0 Å². The van der Waals surface area contributed by atoms with Gasteiger partial charge in [-0.2, -0.15) is 0 Å². The summed E-state index contributed by atoms with van der Waals surface area (Å²) >= 11 is 0. The second kappa shape index (κ2) is 2.26. The molecule has 0 aromatic carbocycles. The standard InChI is InChI=1S/C8H15NO/c1-8(2)5-3-4-6(8)7(9)10/h6H,3-5H2,1-2H3,(H2,9,10)/t6-/m0/s1. The first-order valence-electron chi connectivity index (χ1n) is 3.83. The topological polar surface area (TPSA) is 43.1 Å². The molecule has 1 atom stereocenters. The van der Waals surface area contributed by atoms with Gasteiger partial charge in [0.05, 0.1) is 0 Å². The molecule has 1 amide bonds. The maximum atomic E-state index is 10.8. The molecule has 58 valence electrons. The van der Waals surface area contributed by atoms with Crippen molar-refractivity contribution in [3.8, 4) is 0 Å². The molecule has 0 heterocycles. The summed E-state index contributed by atoms with van der Waals surface area (Å²) in [4.78, 5) is 10.8. The number of rotatable bonds is 1. The zero-order chi connectivity index (χ0) is 7.78. The highest BCUT2D eigenvalue weighted by Crippen LogP contribution is 2.42. The minimum absolute atomic E-state index is 0.118. The van der Waals surface area contributed by atoms with E-state index < -0.39 is 0 Å². The lowest BCUT2D eigenvalue weighted by molar-refractivity contribution is -0.124. The maximum Gasteiger partial charge on any atom is 0.221 e. The number of carbonyl (C=O) groups excluding carboxylic acids is 1. The van der Waals surface area contributed by atoms with Crippen LogP contribution in [-0.2, 0) is 4.79 Å². The van der Waals surface area contributed by atoms with Crippen LogP contribution < -0.4 is 5.73 Å². The third kappa shape index (κ3) is 1.15. The minimum atomic E-state index is -0.123. The van der Waals surface area contributed by atoms with Crippen LogP contribution in [-0.4, -0.2) is 5.91 Å². The fourth-order valence-corrected chi connectivity index (χ4v) is 1.85. The van der Waals surface area contributed by atoms with E-state index in [-0.39, 0.29) is 17.2 Å². The molecule has 2 nitrogen and oxygen atoms in total. The van der Waals surface area contributed by atoms with Crippen molar-refractivity contribution in [2.45, 2.75) is 33.1 Å². The average Bonchev–Trinajstić information content (AvgIpc) is 2.08. The third-order valence-electron chi connectivity index (χ3n) is 2.60. The number of hydrogen-bond acceptors (Lipinski definition) is 1. The summed E-state index contributed by atoms with van der Waals surface area (Å²) in [6, 6.07) is 0. The van der Waals surface area contributed by atoms with Crippen molar-refractivity contribution in [1.29, 1.82) is 0 Å². The molecular weight excluding hydrogens is 126 g/mol. The Morgan fingerprint density at radius 2 is 2.20 bits per heavy atom. The molecule has 1 rings (SSSR count). The fourth-order valence-electron chi connectivity index (χ4n) is 1.85. The smallest absolute Gasteiger partial charge is 0.221 e. The van der Waals surface area contributed by atoms with Crippen molar-refractivity contribution in [1.82, 2.24) is 0 Å². The Kier molecular flexibility index (Phi) is 1.71. The maximum absolute atomic E-state index is 10.8. The zero-order valence-electron chi connectivity index (χ0n) is 6.68. The van der Waals surface area contributed by atoms with Crippen molar-refractivity contribution < 1.29 is 4.79 Å². The first kappa shape index (κ1) is 7.58. The summed E-state index contributed by atoms with van der Waals surface area (Å²) < 4.78 is 0. The fraction of sp³-hybridized carbons (Fsp3) is 0.875. The Bertz CT molecular complexity index is 151. The number of hydrogen-bond donors (Lipinski definition) is 1. The van der Waals surface area contributed by atoms with Gasteiger partial charge in [0.15, 0.2) is 0 Å². The van der Waals surface area contributed by atoms with Crippen LogP contribution in [0.3, 0.4) is 0 Å². The summed E-state index contributed by atoms with van der Waals surface area (Å²) in [5, 5.41) is 0. The largest absolute Gasteiger partial charge is 0.369 e. The van der Waals surface area contributed by atoms with E-state index in [1.807, 2.05) is 0 Å². The number of nitrogens with two attached hydrogens (primary N) is 1. The lowest BCUT2D eigenvalue weighted by Crippen LogP contribution is -2.31. The van der Waals surface area contributed by atoms with Crippen LogP contribution in [0, 0.1) is 11.3 Å². The highest BCUT2D eigenvalue weighted by atomic mass is 16.1. The van der Waals surface area contributed by atoms with Crippen LogP contribution in [0.5, 0.6) is 0 Å². The van der Waals surface area contributed by atoms with Gasteiger partial charge in [-0.1, -0.05) is 20.3 Å². The molecule has 1 fully saturated rings. The normalized spacial score (nSPS) is 30.4. The summed E-state index contributed by atoms with van der Waals surface area (Å²) in [6.45, 7) is 4.24. The molecule has 1 aliphatic rings. The van der Waals surface area contributed by atoms with Crippen LogP contribution in [0.15, 0.2) is 0 Å². The van der Waals surface area contributed by atoms with Gasteiger partial charge in [-0.05, 0) is 18.3 Å². The summed E-state index contributed by atoms with van der Waals surface area (Å²) in [5.41, 5.74) is 5.39. The monoisotopic (exact) mass is 141 g/mol. The quantitative estimate of drug-likeness (QED) is 0.587. The molecule has 0 bridgehead atoms. The van der Waals surface area contributed by atoms with Crippen LogP contribution in [0.25, 0.3) is 0 Å². The van der Waals surface area contributed by atoms with Crippen LogP contribution >= 0.6 is 0 Å². The summed E-state index contributed by atoms with van der Waals surface area (Å²) in [5.74, 6) is -0.00463. The van der Waals surface area contributed by atoms with E-state index in [4.69, 9.17) is 5.73 Å². The molecule has 0 spiro atoms. The molecule has 2 N–H and O–H groups in total. The first-order valence-corrected chi connectivity index (χ1v) is 3.83. The number of primary amides is 1. The van der Waals surface area contributed by atoms with E-state index in [0.717, 1.165) is 19.3 Å². The molecule has 2 heteroatoms. The second-order valence-electron chi connectivity index (χ2n) is 3.84. The highest BCUT2D eigenvalue weighted by Gasteiger charge is 2.37. The molecule has 0 radical (unpaired) electrons. The van der Waals surface area contributed by atoms with Crippen molar-refractivity contribution in [3.63, 3.8) is 0 Å². The Morgan fingerprint density at radius 1 is 1.60 bits per heavy atom. The SMILES string of the molecule is CC1(C)CCC[C@H]1C(N)=O. The van der Waals surface area contributed by atoms with Crippen LogP contribution in [0.2, 0.25) is 0 Å². The van der Waals surface area contributed by atoms with E-state index in [2.05, 4.69) is 13.8 Å². The Morgan fingerprint density at radius 3 is 2.40 bits per heavy atom. The van der Waals surface area contributed by atoms with Gasteiger partial charge in [0.2, 0.25) is 5.91 Å². The third-order valence-corrected chi connectivity index (χ3v) is 2.60. The predicted octanol–water partition coefficient (Wildman–Crippen LogP) is 1.30. The molecule has 1 aliphatic carbocycles. The molecule has 0 aromatic rings. The Balaban J connectivity index is 2.68. The van der Waals surface area contributed by atoms with Crippen molar-refractivity contribution in [3.05, 3.63) is 0 Å². The van der Waals surface area contributed by atoms with Gasteiger partial charge in [0.25, 0.3) is 0 Å². The van der Waals surface area contributed by atoms with Gasteiger partial charge in [0, 0.05) is 5.92 Å². The molecule has 1 saturated carbocycles. The molecule has 0 aromatic heterocycles. The average molecular weight is 141 g/mol. The molecule has 0 saturated heterocycles. The lowest BCUT2D eigenvalue weighted by atomic mass is 9.81. The van der Waals surface area contributed by atoms with Crippen molar-refractivity contribution in [2.24, 2.45) is 17.1 Å². The summed E-state index contributed by atoms with van der Waals surface area (Å²) in [7, 11) is 0. The molecule has 10 heavy (non-hydrogen) atoms. The van der Waals surface area contributed by atoms with E-state index in [1.54, 1.807) is 0 Å². The number of carbonyl (C=O) groups is 1.